The first-order valence-electron chi connectivity index (χ1n) is 13.9. The SMILES string of the molecule is CC(C)CCNC(=O)CN1C(=O)CSC(c2ccc3c(c2)OCO3)c2c(-c3ccccc3)nn(-c3ccc(F)cc3)c21. The highest BCUT2D eigenvalue weighted by molar-refractivity contribution is 8.00. The van der Waals surface area contributed by atoms with Gasteiger partial charge in [0.25, 0.3) is 0 Å². The second kappa shape index (κ2) is 11.9. The molecule has 2 aliphatic rings. The number of carbonyl (C=O) groups excluding carboxylic acids is 2. The van der Waals surface area contributed by atoms with Gasteiger partial charge in [0.05, 0.1) is 22.4 Å². The Bertz CT molecular complexity index is 1610. The third kappa shape index (κ3) is 5.59. The van der Waals surface area contributed by atoms with E-state index in [1.54, 1.807) is 16.8 Å². The molecule has 10 heteroatoms. The summed E-state index contributed by atoms with van der Waals surface area (Å²) in [5, 5.41) is 7.67. The molecule has 0 spiro atoms. The molecular weight excluding hydrogens is 555 g/mol. The lowest BCUT2D eigenvalue weighted by Crippen LogP contribution is -2.42. The summed E-state index contributed by atoms with van der Waals surface area (Å²) < 4.78 is 26.9. The van der Waals surface area contributed by atoms with Crippen molar-refractivity contribution in [1.29, 1.82) is 0 Å². The monoisotopic (exact) mass is 586 g/mol. The van der Waals surface area contributed by atoms with E-state index < -0.39 is 0 Å². The third-order valence-electron chi connectivity index (χ3n) is 7.25. The number of thioether (sulfide) groups is 1. The summed E-state index contributed by atoms with van der Waals surface area (Å²) in [6.07, 6.45) is 0.832. The summed E-state index contributed by atoms with van der Waals surface area (Å²) in [6.45, 7) is 4.69. The Morgan fingerprint density at radius 2 is 1.83 bits per heavy atom. The van der Waals surface area contributed by atoms with Crippen LogP contribution < -0.4 is 19.7 Å². The minimum Gasteiger partial charge on any atom is -0.454 e. The molecule has 0 bridgehead atoms. The zero-order chi connectivity index (χ0) is 29.2. The Morgan fingerprint density at radius 1 is 1.07 bits per heavy atom. The number of benzene rings is 3. The Kier molecular flexibility index (Phi) is 7.88. The fourth-order valence-corrected chi connectivity index (χ4v) is 6.32. The van der Waals surface area contributed by atoms with Crippen LogP contribution in [0.5, 0.6) is 11.5 Å². The second-order valence-electron chi connectivity index (χ2n) is 10.7. The molecule has 4 aromatic rings. The molecule has 6 rings (SSSR count). The number of amides is 2. The van der Waals surface area contributed by atoms with Crippen LogP contribution in [0.3, 0.4) is 0 Å². The molecule has 3 heterocycles. The normalized spacial score (nSPS) is 16.0. The third-order valence-corrected chi connectivity index (χ3v) is 8.51. The lowest BCUT2D eigenvalue weighted by Gasteiger charge is -2.23. The first-order chi connectivity index (χ1) is 20.4. The summed E-state index contributed by atoms with van der Waals surface area (Å²) in [6, 6.07) is 21.5. The van der Waals surface area contributed by atoms with E-state index in [0.29, 0.717) is 41.2 Å². The van der Waals surface area contributed by atoms with Gasteiger partial charge in [-0.25, -0.2) is 9.07 Å². The van der Waals surface area contributed by atoms with E-state index in [2.05, 4.69) is 19.2 Å². The number of fused-ring (bicyclic) bond motifs is 2. The Labute approximate surface area is 247 Å². The fourth-order valence-electron chi connectivity index (χ4n) is 5.13. The fraction of sp³-hybridized carbons (Fsp3) is 0.281. The van der Waals surface area contributed by atoms with Crippen molar-refractivity contribution < 1.29 is 23.5 Å². The largest absolute Gasteiger partial charge is 0.454 e. The van der Waals surface area contributed by atoms with Crippen molar-refractivity contribution in [3.05, 3.63) is 89.7 Å². The zero-order valence-electron chi connectivity index (χ0n) is 23.4. The Hall–Kier alpha value is -4.31. The predicted octanol–water partition coefficient (Wildman–Crippen LogP) is 5.74. The van der Waals surface area contributed by atoms with Crippen LogP contribution in [-0.2, 0) is 9.59 Å². The van der Waals surface area contributed by atoms with Crippen LogP contribution in [0, 0.1) is 11.7 Å². The van der Waals surface area contributed by atoms with Crippen molar-refractivity contribution in [1.82, 2.24) is 15.1 Å². The molecule has 0 radical (unpaired) electrons. The highest BCUT2D eigenvalue weighted by Crippen LogP contribution is 2.50. The molecule has 8 nitrogen and oxygen atoms in total. The Balaban J connectivity index is 1.54. The molecule has 42 heavy (non-hydrogen) atoms. The predicted molar refractivity (Wildman–Crippen MR) is 161 cm³/mol. The Morgan fingerprint density at radius 3 is 2.60 bits per heavy atom. The highest BCUT2D eigenvalue weighted by atomic mass is 32.2. The number of rotatable bonds is 8. The highest BCUT2D eigenvalue weighted by Gasteiger charge is 2.38. The number of anilines is 1. The van der Waals surface area contributed by atoms with Gasteiger partial charge in [-0.1, -0.05) is 50.2 Å². The number of halogens is 1. The van der Waals surface area contributed by atoms with Crippen molar-refractivity contribution >= 4 is 29.4 Å². The van der Waals surface area contributed by atoms with E-state index in [4.69, 9.17) is 14.6 Å². The van der Waals surface area contributed by atoms with Gasteiger partial charge >= 0.3 is 0 Å². The van der Waals surface area contributed by atoms with Crippen molar-refractivity contribution in [2.75, 3.05) is 30.5 Å². The van der Waals surface area contributed by atoms with Crippen LogP contribution in [0.15, 0.2) is 72.8 Å². The molecule has 1 N–H and O–H groups in total. The first-order valence-corrected chi connectivity index (χ1v) is 15.0. The average molecular weight is 587 g/mol. The summed E-state index contributed by atoms with van der Waals surface area (Å²) in [7, 11) is 0. The number of hydrogen-bond acceptors (Lipinski definition) is 6. The van der Waals surface area contributed by atoms with Gasteiger partial charge in [-0.05, 0) is 54.3 Å². The quantitative estimate of drug-likeness (QED) is 0.284. The first kappa shape index (κ1) is 27.8. The number of nitrogens with zero attached hydrogens (tertiary/aromatic N) is 3. The smallest absolute Gasteiger partial charge is 0.240 e. The molecular formula is C32H31FN4O4S. The van der Waals surface area contributed by atoms with Crippen molar-refractivity contribution in [2.24, 2.45) is 5.92 Å². The van der Waals surface area contributed by atoms with Gasteiger partial charge in [-0.2, -0.15) is 5.10 Å². The molecule has 0 fully saturated rings. The van der Waals surface area contributed by atoms with Crippen molar-refractivity contribution in [3.8, 4) is 28.4 Å². The molecule has 1 aromatic heterocycles. The summed E-state index contributed by atoms with van der Waals surface area (Å²) >= 11 is 1.47. The maximum atomic E-state index is 14.0. The lowest BCUT2D eigenvalue weighted by atomic mass is 9.99. The van der Waals surface area contributed by atoms with E-state index >= 15 is 0 Å². The van der Waals surface area contributed by atoms with Crippen molar-refractivity contribution in [2.45, 2.75) is 25.5 Å². The van der Waals surface area contributed by atoms with Gasteiger partial charge in [0.15, 0.2) is 11.5 Å². The zero-order valence-corrected chi connectivity index (χ0v) is 24.2. The van der Waals surface area contributed by atoms with Crippen LogP contribution >= 0.6 is 11.8 Å². The van der Waals surface area contributed by atoms with Crippen LogP contribution in [0.1, 0.15) is 36.6 Å². The molecule has 216 valence electrons. The van der Waals surface area contributed by atoms with Gasteiger partial charge in [-0.15, -0.1) is 11.8 Å². The molecule has 3 aromatic carbocycles. The lowest BCUT2D eigenvalue weighted by molar-refractivity contribution is -0.122. The van der Waals surface area contributed by atoms with E-state index in [-0.39, 0.29) is 42.0 Å². The topological polar surface area (TPSA) is 85.7 Å². The van der Waals surface area contributed by atoms with Crippen molar-refractivity contribution in [3.63, 3.8) is 0 Å². The van der Waals surface area contributed by atoms with E-state index in [1.807, 2.05) is 48.5 Å². The van der Waals surface area contributed by atoms with E-state index in [0.717, 1.165) is 23.1 Å². The second-order valence-corrected chi connectivity index (χ2v) is 11.7. The van der Waals surface area contributed by atoms with Gasteiger partial charge in [0.2, 0.25) is 18.6 Å². The number of carbonyl (C=O) groups is 2. The number of nitrogens with one attached hydrogen (secondary N) is 1. The number of ether oxygens (including phenoxy) is 2. The molecule has 0 aliphatic carbocycles. The molecule has 0 saturated carbocycles. The summed E-state index contributed by atoms with van der Waals surface area (Å²) in [4.78, 5) is 28.5. The number of hydrogen-bond donors (Lipinski definition) is 1. The molecule has 2 aliphatic heterocycles. The van der Waals surface area contributed by atoms with Crippen LogP contribution in [0.4, 0.5) is 10.2 Å². The van der Waals surface area contributed by atoms with Crippen LogP contribution in [0.2, 0.25) is 0 Å². The minimum absolute atomic E-state index is 0.144. The number of aromatic nitrogens is 2. The maximum absolute atomic E-state index is 14.0. The van der Waals surface area contributed by atoms with Gasteiger partial charge in [-0.3, -0.25) is 14.5 Å². The average Bonchev–Trinajstić information content (AvgIpc) is 3.58. The molecule has 2 amide bonds. The summed E-state index contributed by atoms with van der Waals surface area (Å²) in [5.74, 6) is 1.51. The molecule has 1 atom stereocenters. The minimum atomic E-state index is -0.383. The van der Waals surface area contributed by atoms with E-state index in [9.17, 15) is 14.0 Å². The van der Waals surface area contributed by atoms with Crippen LogP contribution in [-0.4, -0.2) is 47.2 Å². The maximum Gasteiger partial charge on any atom is 0.240 e. The molecule has 1 unspecified atom stereocenters. The standard InChI is InChI=1S/C32H31FN4O4S/c1-20(2)14-15-34-27(38)17-36-28(39)18-42-31(22-8-13-25-26(16-22)41-19-40-25)29-30(21-6-4-3-5-7-21)35-37(32(29)36)24-11-9-23(33)10-12-24/h3-13,16,20,31H,14-15,17-19H2,1-2H3,(H,34,38). The van der Waals surface area contributed by atoms with Gasteiger partial charge < -0.3 is 14.8 Å². The van der Waals surface area contributed by atoms with Crippen LogP contribution in [0.25, 0.3) is 16.9 Å². The van der Waals surface area contributed by atoms with Gasteiger partial charge in [0, 0.05) is 17.7 Å². The molecule has 0 saturated heterocycles. The van der Waals surface area contributed by atoms with E-state index in [1.165, 1.54) is 28.8 Å². The summed E-state index contributed by atoms with van der Waals surface area (Å²) in [5.41, 5.74) is 3.80. The van der Waals surface area contributed by atoms with Gasteiger partial charge in [0.1, 0.15) is 18.2 Å².